The summed E-state index contributed by atoms with van der Waals surface area (Å²) in [6.07, 6.45) is 1.25. The van der Waals surface area contributed by atoms with Gasteiger partial charge >= 0.3 is 0 Å². The zero-order valence-corrected chi connectivity index (χ0v) is 10.5. The Kier molecular flexibility index (Phi) is 3.37. The minimum atomic E-state index is 0.603. The van der Waals surface area contributed by atoms with Gasteiger partial charge in [-0.1, -0.05) is 12.1 Å². The Morgan fingerprint density at radius 3 is 2.80 bits per heavy atom. The molecule has 0 saturated heterocycles. The highest BCUT2D eigenvalue weighted by molar-refractivity contribution is 7.99. The maximum Gasteiger partial charge on any atom is 0.0531 e. The molecule has 2 heteroatoms. The highest BCUT2D eigenvalue weighted by Crippen LogP contribution is 2.41. The van der Waals surface area contributed by atoms with Crippen molar-refractivity contribution in [1.82, 2.24) is 0 Å². The van der Waals surface area contributed by atoms with Gasteiger partial charge in [0.05, 0.1) is 6.61 Å². The molecule has 0 amide bonds. The molecule has 0 aliphatic carbocycles. The van der Waals surface area contributed by atoms with Gasteiger partial charge in [0.2, 0.25) is 0 Å². The predicted octanol–water partition coefficient (Wildman–Crippen LogP) is 3.53. The van der Waals surface area contributed by atoms with E-state index < -0.39 is 0 Å². The monoisotopic (exact) mass is 222 g/mol. The third-order valence-corrected chi connectivity index (χ3v) is 4.37. The Balaban J connectivity index is 2.45. The lowest BCUT2D eigenvalue weighted by Crippen LogP contribution is -2.14. The number of methoxy groups -OCH3 is 1. The van der Waals surface area contributed by atoms with Crippen molar-refractivity contribution in [2.45, 2.75) is 31.1 Å². The maximum absolute atomic E-state index is 5.32. The average Bonchev–Trinajstić information content (AvgIpc) is 2.24. The first-order chi connectivity index (χ1) is 7.24. The maximum atomic E-state index is 5.32. The Labute approximate surface area is 96.2 Å². The van der Waals surface area contributed by atoms with E-state index in [0.717, 1.165) is 6.61 Å². The molecule has 0 aromatic heterocycles. The van der Waals surface area contributed by atoms with E-state index in [1.165, 1.54) is 33.8 Å². The molecule has 1 atom stereocenters. The molecule has 1 aromatic rings. The summed E-state index contributed by atoms with van der Waals surface area (Å²) in [5.74, 6) is 1.83. The van der Waals surface area contributed by atoms with Crippen LogP contribution in [0.4, 0.5) is 0 Å². The van der Waals surface area contributed by atoms with Gasteiger partial charge in [-0.05, 0) is 42.7 Å². The van der Waals surface area contributed by atoms with Gasteiger partial charge in [0.25, 0.3) is 0 Å². The lowest BCUT2D eigenvalue weighted by atomic mass is 9.91. The van der Waals surface area contributed by atoms with E-state index >= 15 is 0 Å². The van der Waals surface area contributed by atoms with E-state index in [0.29, 0.717) is 5.92 Å². The molecule has 1 aromatic carbocycles. The number of thioether (sulfide) groups is 1. The summed E-state index contributed by atoms with van der Waals surface area (Å²) in [6, 6.07) is 4.47. The molecule has 1 unspecified atom stereocenters. The zero-order valence-electron chi connectivity index (χ0n) is 9.67. The molecule has 15 heavy (non-hydrogen) atoms. The van der Waals surface area contributed by atoms with E-state index in [1.807, 2.05) is 11.8 Å². The molecule has 2 rings (SSSR count). The summed E-state index contributed by atoms with van der Waals surface area (Å²) in [7, 11) is 1.80. The van der Waals surface area contributed by atoms with Crippen LogP contribution in [0.25, 0.3) is 0 Å². The van der Waals surface area contributed by atoms with E-state index in [2.05, 4.69) is 26.0 Å². The molecule has 1 heterocycles. The minimum Gasteiger partial charge on any atom is -0.384 e. The van der Waals surface area contributed by atoms with Gasteiger partial charge in [-0.2, -0.15) is 0 Å². The number of ether oxygens (including phenoxy) is 1. The Bertz CT molecular complexity index is 360. The lowest BCUT2D eigenvalue weighted by molar-refractivity contribution is 0.176. The largest absolute Gasteiger partial charge is 0.384 e. The van der Waals surface area contributed by atoms with Gasteiger partial charge in [0.1, 0.15) is 0 Å². The fraction of sp³-hybridized carbons (Fsp3) is 0.538. The Hall–Kier alpha value is -0.470. The van der Waals surface area contributed by atoms with Gasteiger partial charge in [-0.25, -0.2) is 0 Å². The second-order valence-electron chi connectivity index (χ2n) is 4.23. The SMILES string of the molecule is COCC1CCSc2c(C)ccc(C)c21. The molecule has 82 valence electrons. The van der Waals surface area contributed by atoms with Gasteiger partial charge in [-0.3, -0.25) is 0 Å². The predicted molar refractivity (Wildman–Crippen MR) is 65.9 cm³/mol. The molecule has 0 N–H and O–H groups in total. The van der Waals surface area contributed by atoms with Crippen LogP contribution in [0.3, 0.4) is 0 Å². The van der Waals surface area contributed by atoms with Gasteiger partial charge in [0, 0.05) is 17.9 Å². The van der Waals surface area contributed by atoms with Crippen LogP contribution in [0.2, 0.25) is 0 Å². The number of benzene rings is 1. The number of hydrogen-bond acceptors (Lipinski definition) is 2. The summed E-state index contributed by atoms with van der Waals surface area (Å²) in [5, 5.41) is 0. The molecule has 0 saturated carbocycles. The van der Waals surface area contributed by atoms with Crippen LogP contribution in [0.5, 0.6) is 0 Å². The number of fused-ring (bicyclic) bond motifs is 1. The van der Waals surface area contributed by atoms with Crippen LogP contribution < -0.4 is 0 Å². The normalized spacial score (nSPS) is 20.1. The Morgan fingerprint density at radius 1 is 1.33 bits per heavy atom. The van der Waals surface area contributed by atoms with Crippen molar-refractivity contribution in [1.29, 1.82) is 0 Å². The molecule has 0 radical (unpaired) electrons. The molecule has 0 fully saturated rings. The van der Waals surface area contributed by atoms with Crippen molar-refractivity contribution in [2.75, 3.05) is 19.5 Å². The van der Waals surface area contributed by atoms with Crippen molar-refractivity contribution < 1.29 is 4.74 Å². The van der Waals surface area contributed by atoms with E-state index in [1.54, 1.807) is 7.11 Å². The molecule has 1 aliphatic heterocycles. The first-order valence-corrected chi connectivity index (χ1v) is 6.44. The van der Waals surface area contributed by atoms with Crippen molar-refractivity contribution in [3.05, 3.63) is 28.8 Å². The van der Waals surface area contributed by atoms with Crippen molar-refractivity contribution >= 4 is 11.8 Å². The van der Waals surface area contributed by atoms with E-state index in [-0.39, 0.29) is 0 Å². The summed E-state index contributed by atoms with van der Waals surface area (Å²) in [6.45, 7) is 5.28. The summed E-state index contributed by atoms with van der Waals surface area (Å²) < 4.78 is 5.32. The number of rotatable bonds is 2. The molecular weight excluding hydrogens is 204 g/mol. The highest BCUT2D eigenvalue weighted by atomic mass is 32.2. The van der Waals surface area contributed by atoms with E-state index in [9.17, 15) is 0 Å². The molecule has 1 nitrogen and oxygen atoms in total. The third-order valence-electron chi connectivity index (χ3n) is 3.10. The van der Waals surface area contributed by atoms with Crippen LogP contribution >= 0.6 is 11.8 Å². The Morgan fingerprint density at radius 2 is 2.07 bits per heavy atom. The smallest absolute Gasteiger partial charge is 0.0531 e. The minimum absolute atomic E-state index is 0.603. The van der Waals surface area contributed by atoms with Crippen LogP contribution in [-0.2, 0) is 4.74 Å². The molecule has 0 spiro atoms. The topological polar surface area (TPSA) is 9.23 Å². The van der Waals surface area contributed by atoms with Gasteiger partial charge in [-0.15, -0.1) is 11.8 Å². The standard InChI is InChI=1S/C13H18OS/c1-9-4-5-10(2)13-12(9)11(8-14-3)6-7-15-13/h4-5,11H,6-8H2,1-3H3. The van der Waals surface area contributed by atoms with Crippen molar-refractivity contribution in [3.8, 4) is 0 Å². The van der Waals surface area contributed by atoms with Crippen LogP contribution in [0, 0.1) is 13.8 Å². The third kappa shape index (κ3) is 2.06. The van der Waals surface area contributed by atoms with Gasteiger partial charge in [0.15, 0.2) is 0 Å². The quantitative estimate of drug-likeness (QED) is 0.757. The molecule has 1 aliphatic rings. The second kappa shape index (κ2) is 4.58. The number of aryl methyl sites for hydroxylation is 2. The molecule has 0 bridgehead atoms. The van der Waals surface area contributed by atoms with Crippen LogP contribution in [-0.4, -0.2) is 19.5 Å². The summed E-state index contributed by atoms with van der Waals surface area (Å²) in [4.78, 5) is 1.50. The van der Waals surface area contributed by atoms with Crippen molar-refractivity contribution in [3.63, 3.8) is 0 Å². The summed E-state index contributed by atoms with van der Waals surface area (Å²) in [5.41, 5.74) is 4.37. The fourth-order valence-corrected chi connectivity index (χ4v) is 3.71. The van der Waals surface area contributed by atoms with Crippen LogP contribution in [0.1, 0.15) is 29.0 Å². The first kappa shape index (κ1) is 11.0. The average molecular weight is 222 g/mol. The fourth-order valence-electron chi connectivity index (χ4n) is 2.32. The highest BCUT2D eigenvalue weighted by Gasteiger charge is 2.23. The first-order valence-electron chi connectivity index (χ1n) is 5.46. The van der Waals surface area contributed by atoms with Gasteiger partial charge < -0.3 is 4.74 Å². The second-order valence-corrected chi connectivity index (χ2v) is 5.34. The zero-order chi connectivity index (χ0) is 10.8. The van der Waals surface area contributed by atoms with Crippen molar-refractivity contribution in [2.24, 2.45) is 0 Å². The van der Waals surface area contributed by atoms with Crippen LogP contribution in [0.15, 0.2) is 17.0 Å². The number of hydrogen-bond donors (Lipinski definition) is 0. The summed E-state index contributed by atoms with van der Waals surface area (Å²) >= 11 is 2.00. The molecular formula is C13H18OS. The van der Waals surface area contributed by atoms with E-state index in [4.69, 9.17) is 4.74 Å². The lowest BCUT2D eigenvalue weighted by Gasteiger charge is -2.27.